The van der Waals surface area contributed by atoms with Crippen LogP contribution in [0.1, 0.15) is 28.8 Å². The molecule has 1 fully saturated rings. The van der Waals surface area contributed by atoms with E-state index in [0.717, 1.165) is 12.1 Å². The second-order valence-electron chi connectivity index (χ2n) is 6.66. The number of carbonyl (C=O) groups is 1. The molecular weight excluding hydrogens is 409 g/mol. The summed E-state index contributed by atoms with van der Waals surface area (Å²) < 4.78 is 65.2. The average molecular weight is 428 g/mol. The molecule has 0 aromatic heterocycles. The van der Waals surface area contributed by atoms with Gasteiger partial charge in [-0.25, -0.2) is 8.42 Å². The van der Waals surface area contributed by atoms with Crippen LogP contribution < -0.4 is 10.0 Å². The molecule has 3 rings (SSSR count). The molecule has 0 aliphatic heterocycles. The number of rotatable bonds is 7. The molecule has 6 nitrogen and oxygen atoms in total. The van der Waals surface area contributed by atoms with Crippen molar-refractivity contribution in [3.05, 3.63) is 53.6 Å². The molecule has 0 spiro atoms. The van der Waals surface area contributed by atoms with Crippen LogP contribution in [0, 0.1) is 0 Å². The summed E-state index contributed by atoms with van der Waals surface area (Å²) in [6, 6.07) is 8.76. The van der Waals surface area contributed by atoms with Gasteiger partial charge in [0.25, 0.3) is 5.91 Å². The quantitative estimate of drug-likeness (QED) is 0.632. The molecule has 10 heteroatoms. The molecule has 156 valence electrons. The van der Waals surface area contributed by atoms with Gasteiger partial charge in [-0.15, -0.1) is 0 Å². The number of alkyl halides is 3. The second kappa shape index (κ2) is 8.03. The number of aliphatic hydroxyl groups is 1. The first-order valence-corrected chi connectivity index (χ1v) is 10.4. The highest BCUT2D eigenvalue weighted by atomic mass is 32.2. The van der Waals surface area contributed by atoms with Crippen molar-refractivity contribution in [2.24, 2.45) is 0 Å². The molecule has 3 N–H and O–H groups in total. The van der Waals surface area contributed by atoms with Crippen molar-refractivity contribution in [2.45, 2.75) is 24.3 Å². The largest absolute Gasteiger partial charge is 0.416 e. The smallest absolute Gasteiger partial charge is 0.395 e. The number of hydrogen-bond acceptors (Lipinski definition) is 4. The molecule has 1 aliphatic carbocycles. The van der Waals surface area contributed by atoms with Crippen LogP contribution in [0.15, 0.2) is 42.5 Å². The molecule has 0 unspecified atom stereocenters. The van der Waals surface area contributed by atoms with Gasteiger partial charge in [-0.2, -0.15) is 13.2 Å². The first kappa shape index (κ1) is 21.1. The first-order chi connectivity index (χ1) is 13.6. The molecular formula is C19H19F3N2O4S. The Kier molecular flexibility index (Phi) is 5.85. The summed E-state index contributed by atoms with van der Waals surface area (Å²) in [4.78, 5) is 12.5. The van der Waals surface area contributed by atoms with E-state index in [0.29, 0.717) is 24.0 Å². The highest BCUT2D eigenvalue weighted by Crippen LogP contribution is 2.34. The van der Waals surface area contributed by atoms with Crippen LogP contribution in [0.4, 0.5) is 18.9 Å². The third-order valence-electron chi connectivity index (χ3n) is 4.42. The molecule has 1 saturated carbocycles. The molecule has 29 heavy (non-hydrogen) atoms. The normalized spacial score (nSPS) is 14.5. The number of nitrogens with one attached hydrogen (secondary N) is 2. The fourth-order valence-electron chi connectivity index (χ4n) is 2.73. The Morgan fingerprint density at radius 1 is 1.07 bits per heavy atom. The van der Waals surface area contributed by atoms with Crippen molar-refractivity contribution >= 4 is 21.6 Å². The van der Waals surface area contributed by atoms with E-state index in [4.69, 9.17) is 5.11 Å². The van der Waals surface area contributed by atoms with Gasteiger partial charge >= 0.3 is 6.18 Å². The van der Waals surface area contributed by atoms with Crippen molar-refractivity contribution in [3.63, 3.8) is 0 Å². The monoisotopic (exact) mass is 428 g/mol. The molecule has 1 aliphatic rings. The summed E-state index contributed by atoms with van der Waals surface area (Å²) in [7, 11) is -3.62. The Hall–Kier alpha value is -2.59. The highest BCUT2D eigenvalue weighted by molar-refractivity contribution is 7.93. The lowest BCUT2D eigenvalue weighted by Gasteiger charge is -2.14. The first-order valence-electron chi connectivity index (χ1n) is 8.84. The molecule has 0 saturated heterocycles. The minimum atomic E-state index is -4.46. The summed E-state index contributed by atoms with van der Waals surface area (Å²) in [5.74, 6) is -0.610. The van der Waals surface area contributed by atoms with Crippen molar-refractivity contribution in [3.8, 4) is 11.1 Å². The van der Waals surface area contributed by atoms with Gasteiger partial charge in [0, 0.05) is 6.54 Å². The summed E-state index contributed by atoms with van der Waals surface area (Å²) in [5.41, 5.74) is 0.173. The third-order valence-corrected chi connectivity index (χ3v) is 6.28. The molecule has 1 amide bonds. The lowest BCUT2D eigenvalue weighted by atomic mass is 10.00. The number of halogens is 3. The zero-order chi connectivity index (χ0) is 21.2. The van der Waals surface area contributed by atoms with Gasteiger partial charge in [0.1, 0.15) is 0 Å². The van der Waals surface area contributed by atoms with E-state index in [2.05, 4.69) is 10.0 Å². The van der Waals surface area contributed by atoms with Crippen molar-refractivity contribution in [2.75, 3.05) is 17.9 Å². The van der Waals surface area contributed by atoms with E-state index in [9.17, 15) is 26.4 Å². The number of aliphatic hydroxyl groups excluding tert-OH is 1. The number of benzene rings is 2. The summed E-state index contributed by atoms with van der Waals surface area (Å²) in [6.45, 7) is -0.328. The molecule has 0 radical (unpaired) electrons. The number of hydrogen-bond donors (Lipinski definition) is 3. The zero-order valence-electron chi connectivity index (χ0n) is 15.2. The van der Waals surface area contributed by atoms with Crippen LogP contribution in [-0.4, -0.2) is 37.8 Å². The van der Waals surface area contributed by atoms with Gasteiger partial charge < -0.3 is 10.4 Å². The van der Waals surface area contributed by atoms with Crippen LogP contribution in [0.25, 0.3) is 11.1 Å². The highest BCUT2D eigenvalue weighted by Gasteiger charge is 2.36. The Bertz CT molecular complexity index is 1000. The van der Waals surface area contributed by atoms with Crippen molar-refractivity contribution < 1.29 is 31.5 Å². The van der Waals surface area contributed by atoms with E-state index in [1.54, 1.807) is 0 Å². The molecule has 0 atom stereocenters. The van der Waals surface area contributed by atoms with Gasteiger partial charge in [0.05, 0.1) is 28.7 Å². The maximum Gasteiger partial charge on any atom is 0.416 e. The number of sulfonamides is 1. The Labute approximate surface area is 165 Å². The fraction of sp³-hybridized carbons (Fsp3) is 0.316. The number of carbonyl (C=O) groups excluding carboxylic acids is 1. The third kappa shape index (κ3) is 5.07. The predicted molar refractivity (Wildman–Crippen MR) is 102 cm³/mol. The van der Waals surface area contributed by atoms with E-state index < -0.39 is 32.9 Å². The fourth-order valence-corrected chi connectivity index (χ4v) is 4.14. The minimum absolute atomic E-state index is 0.0140. The number of anilines is 1. The van der Waals surface area contributed by atoms with Gasteiger partial charge in [-0.1, -0.05) is 18.2 Å². The molecule has 2 aromatic rings. The van der Waals surface area contributed by atoms with Crippen LogP contribution in [0.3, 0.4) is 0 Å². The predicted octanol–water partition coefficient (Wildman–Crippen LogP) is 3.00. The van der Waals surface area contributed by atoms with E-state index >= 15 is 0 Å². The lowest BCUT2D eigenvalue weighted by Crippen LogP contribution is -2.28. The lowest BCUT2D eigenvalue weighted by molar-refractivity contribution is -0.137. The van der Waals surface area contributed by atoms with Gasteiger partial charge in [0.15, 0.2) is 0 Å². The summed E-state index contributed by atoms with van der Waals surface area (Å²) in [5, 5.41) is 10.9. The standard InChI is InChI=1S/C19H19F3N2O4S/c20-19(21,22)14-4-1-12(2-5-14)13-3-8-17(24-29(27,28)15-6-7-15)16(11-13)18(26)23-9-10-25/h1-5,8,11,15,24-25H,6-7,9-10H2,(H,23,26). The summed E-state index contributed by atoms with van der Waals surface area (Å²) in [6.07, 6.45) is -3.37. The van der Waals surface area contributed by atoms with Crippen LogP contribution in [0.2, 0.25) is 0 Å². The topological polar surface area (TPSA) is 95.5 Å². The van der Waals surface area contributed by atoms with Crippen LogP contribution >= 0.6 is 0 Å². The van der Waals surface area contributed by atoms with Crippen LogP contribution in [-0.2, 0) is 16.2 Å². The van der Waals surface area contributed by atoms with Crippen LogP contribution in [0.5, 0.6) is 0 Å². The number of amides is 1. The van der Waals surface area contributed by atoms with Crippen molar-refractivity contribution in [1.82, 2.24) is 5.32 Å². The molecule has 0 bridgehead atoms. The Morgan fingerprint density at radius 2 is 1.69 bits per heavy atom. The van der Waals surface area contributed by atoms with E-state index in [1.165, 1.54) is 30.3 Å². The van der Waals surface area contributed by atoms with E-state index in [-0.39, 0.29) is 24.4 Å². The van der Waals surface area contributed by atoms with E-state index in [1.807, 2.05) is 0 Å². The van der Waals surface area contributed by atoms with Gasteiger partial charge in [0.2, 0.25) is 10.0 Å². The Balaban J connectivity index is 1.96. The van der Waals surface area contributed by atoms with Gasteiger partial charge in [-0.05, 0) is 48.2 Å². The molecule has 0 heterocycles. The Morgan fingerprint density at radius 3 is 2.24 bits per heavy atom. The van der Waals surface area contributed by atoms with Crippen molar-refractivity contribution in [1.29, 1.82) is 0 Å². The van der Waals surface area contributed by atoms with Gasteiger partial charge in [-0.3, -0.25) is 9.52 Å². The summed E-state index contributed by atoms with van der Waals surface area (Å²) >= 11 is 0. The molecule has 2 aromatic carbocycles. The average Bonchev–Trinajstić information content (AvgIpc) is 3.51. The minimum Gasteiger partial charge on any atom is -0.395 e. The SMILES string of the molecule is O=C(NCCO)c1cc(-c2ccc(C(F)(F)F)cc2)ccc1NS(=O)(=O)C1CC1. The zero-order valence-corrected chi connectivity index (χ0v) is 16.0. The maximum absolute atomic E-state index is 12.8. The maximum atomic E-state index is 12.8. The second-order valence-corrected chi connectivity index (χ2v) is 8.62.